The molecule has 0 spiro atoms. The number of carbonyl (C=O) groups excluding carboxylic acids is 1. The average molecular weight is 335 g/mol. The maximum absolute atomic E-state index is 12.5. The van der Waals surface area contributed by atoms with E-state index in [9.17, 15) is 4.79 Å². The minimum atomic E-state index is -0.352. The van der Waals surface area contributed by atoms with E-state index < -0.39 is 0 Å². The largest absolute Gasteiger partial charge is 0.440 e. The lowest BCUT2D eigenvalue weighted by atomic mass is 9.94. The number of benzene rings is 2. The smallest absolute Gasteiger partial charge is 0.229 e. The van der Waals surface area contributed by atoms with Crippen LogP contribution in [0.2, 0.25) is 0 Å². The van der Waals surface area contributed by atoms with E-state index in [1.807, 2.05) is 55.5 Å². The molecule has 2 aromatic carbocycles. The monoisotopic (exact) mass is 335 g/mol. The second kappa shape index (κ2) is 6.33. The zero-order valence-corrected chi connectivity index (χ0v) is 14.1. The number of amides is 1. The highest BCUT2D eigenvalue weighted by atomic mass is 16.3. The van der Waals surface area contributed by atoms with Gasteiger partial charge in [0.15, 0.2) is 11.5 Å². The Kier molecular flexibility index (Phi) is 4.01. The van der Waals surface area contributed by atoms with Crippen molar-refractivity contribution in [3.8, 4) is 0 Å². The minimum absolute atomic E-state index is 0.113. The third kappa shape index (κ3) is 3.28. The number of aromatic nitrogens is 1. The Morgan fingerprint density at radius 1 is 1.24 bits per heavy atom. The van der Waals surface area contributed by atoms with Crippen LogP contribution in [0.4, 0.5) is 5.69 Å². The molecule has 1 saturated carbocycles. The van der Waals surface area contributed by atoms with Gasteiger partial charge in [0.2, 0.25) is 5.91 Å². The topological polar surface area (TPSA) is 81.2 Å². The van der Waals surface area contributed by atoms with E-state index in [0.29, 0.717) is 17.2 Å². The Bertz CT molecular complexity index is 900. The summed E-state index contributed by atoms with van der Waals surface area (Å²) < 4.78 is 5.80. The van der Waals surface area contributed by atoms with Crippen molar-refractivity contribution in [1.29, 1.82) is 0 Å². The fourth-order valence-corrected chi connectivity index (χ4v) is 2.91. The maximum atomic E-state index is 12.5. The van der Waals surface area contributed by atoms with Crippen LogP contribution in [0.1, 0.15) is 43.2 Å². The van der Waals surface area contributed by atoms with Crippen LogP contribution in [0.25, 0.3) is 11.1 Å². The molecule has 0 radical (unpaired) electrons. The second-order valence-corrected chi connectivity index (χ2v) is 6.72. The van der Waals surface area contributed by atoms with Gasteiger partial charge >= 0.3 is 0 Å². The van der Waals surface area contributed by atoms with Crippen molar-refractivity contribution in [2.45, 2.75) is 31.7 Å². The molecule has 3 N–H and O–H groups in total. The highest BCUT2D eigenvalue weighted by Crippen LogP contribution is 2.40. The molecule has 2 atom stereocenters. The molecule has 5 heteroatoms. The van der Waals surface area contributed by atoms with Crippen LogP contribution < -0.4 is 11.1 Å². The second-order valence-electron chi connectivity index (χ2n) is 6.72. The van der Waals surface area contributed by atoms with Gasteiger partial charge in [-0.05, 0) is 30.5 Å². The van der Waals surface area contributed by atoms with Crippen molar-refractivity contribution in [3.63, 3.8) is 0 Å². The zero-order valence-electron chi connectivity index (χ0n) is 14.1. The van der Waals surface area contributed by atoms with Gasteiger partial charge in [0, 0.05) is 23.7 Å². The molecule has 0 saturated heterocycles. The predicted molar refractivity (Wildman–Crippen MR) is 97.1 cm³/mol. The van der Waals surface area contributed by atoms with Crippen molar-refractivity contribution in [1.82, 2.24) is 4.98 Å². The lowest BCUT2D eigenvalue weighted by Crippen LogP contribution is -2.30. The fourth-order valence-electron chi connectivity index (χ4n) is 2.91. The molecule has 1 fully saturated rings. The van der Waals surface area contributed by atoms with Gasteiger partial charge in [-0.15, -0.1) is 0 Å². The van der Waals surface area contributed by atoms with E-state index in [2.05, 4.69) is 10.3 Å². The van der Waals surface area contributed by atoms with E-state index in [0.717, 1.165) is 29.8 Å². The van der Waals surface area contributed by atoms with Gasteiger partial charge in [0.1, 0.15) is 5.52 Å². The summed E-state index contributed by atoms with van der Waals surface area (Å²) in [7, 11) is 0. The standard InChI is InChI=1S/C20H21N3O2/c1-12(18(21)13-5-3-2-4-6-13)19(24)22-15-9-10-16-17(11-15)25-20(23-16)14-7-8-14/h2-6,9-12,14,18H,7-8,21H2,1H3,(H,22,24). The normalized spacial score (nSPS) is 16.6. The Hall–Kier alpha value is -2.66. The molecular formula is C20H21N3O2. The Morgan fingerprint density at radius 2 is 2.00 bits per heavy atom. The molecule has 25 heavy (non-hydrogen) atoms. The lowest BCUT2D eigenvalue weighted by Gasteiger charge is -2.19. The van der Waals surface area contributed by atoms with Gasteiger partial charge in [-0.2, -0.15) is 0 Å². The third-order valence-electron chi connectivity index (χ3n) is 4.74. The number of hydrogen-bond acceptors (Lipinski definition) is 4. The summed E-state index contributed by atoms with van der Waals surface area (Å²) in [6, 6.07) is 14.9. The summed E-state index contributed by atoms with van der Waals surface area (Å²) in [5, 5.41) is 2.93. The SMILES string of the molecule is CC(C(=O)Nc1ccc2nc(C3CC3)oc2c1)C(N)c1ccccc1. The van der Waals surface area contributed by atoms with E-state index in [1.54, 1.807) is 0 Å². The van der Waals surface area contributed by atoms with Crippen LogP contribution >= 0.6 is 0 Å². The first-order valence-corrected chi connectivity index (χ1v) is 8.63. The van der Waals surface area contributed by atoms with Crippen LogP contribution in [0.5, 0.6) is 0 Å². The van der Waals surface area contributed by atoms with Crippen LogP contribution in [-0.4, -0.2) is 10.9 Å². The Labute approximate surface area is 146 Å². The van der Waals surface area contributed by atoms with Crippen molar-refractivity contribution >= 4 is 22.7 Å². The fraction of sp³-hybridized carbons (Fsp3) is 0.300. The number of hydrogen-bond donors (Lipinski definition) is 2. The number of nitrogens with zero attached hydrogens (tertiary/aromatic N) is 1. The van der Waals surface area contributed by atoms with Crippen molar-refractivity contribution in [3.05, 3.63) is 60.0 Å². The highest BCUT2D eigenvalue weighted by molar-refractivity contribution is 5.94. The summed E-state index contributed by atoms with van der Waals surface area (Å²) in [6.45, 7) is 1.84. The molecule has 3 aromatic rings. The van der Waals surface area contributed by atoms with E-state index in [4.69, 9.17) is 10.2 Å². The zero-order chi connectivity index (χ0) is 17.4. The number of anilines is 1. The van der Waals surface area contributed by atoms with Crippen molar-refractivity contribution < 1.29 is 9.21 Å². The first-order chi connectivity index (χ1) is 12.1. The summed E-state index contributed by atoms with van der Waals surface area (Å²) in [5.41, 5.74) is 9.42. The van der Waals surface area contributed by atoms with Gasteiger partial charge in [-0.3, -0.25) is 4.79 Å². The summed E-state index contributed by atoms with van der Waals surface area (Å²) in [5.74, 6) is 0.805. The Morgan fingerprint density at radius 3 is 2.72 bits per heavy atom. The summed E-state index contributed by atoms with van der Waals surface area (Å²) >= 11 is 0. The number of nitrogens with two attached hydrogens (primary N) is 1. The molecular weight excluding hydrogens is 314 g/mol. The maximum Gasteiger partial charge on any atom is 0.229 e. The predicted octanol–water partition coefficient (Wildman–Crippen LogP) is 3.98. The van der Waals surface area contributed by atoms with Crippen LogP contribution in [0.15, 0.2) is 52.9 Å². The number of carbonyl (C=O) groups is 1. The minimum Gasteiger partial charge on any atom is -0.440 e. The molecule has 128 valence electrons. The van der Waals surface area contributed by atoms with Crippen molar-refractivity contribution in [2.75, 3.05) is 5.32 Å². The quantitative estimate of drug-likeness (QED) is 0.739. The van der Waals surface area contributed by atoms with Gasteiger partial charge in [0.25, 0.3) is 0 Å². The average Bonchev–Trinajstić information content (AvgIpc) is 3.40. The molecule has 1 amide bonds. The first kappa shape index (κ1) is 15.8. The number of oxazole rings is 1. The third-order valence-corrected chi connectivity index (χ3v) is 4.74. The van der Waals surface area contributed by atoms with Crippen LogP contribution in [0.3, 0.4) is 0 Å². The molecule has 5 nitrogen and oxygen atoms in total. The molecule has 1 aromatic heterocycles. The summed E-state index contributed by atoms with van der Waals surface area (Å²) in [4.78, 5) is 17.0. The molecule has 4 rings (SSSR count). The highest BCUT2D eigenvalue weighted by Gasteiger charge is 2.29. The van der Waals surface area contributed by atoms with Gasteiger partial charge in [-0.25, -0.2) is 4.98 Å². The molecule has 1 heterocycles. The molecule has 1 aliphatic carbocycles. The number of fused-ring (bicyclic) bond motifs is 1. The van der Waals surface area contributed by atoms with Crippen LogP contribution in [0, 0.1) is 5.92 Å². The van der Waals surface area contributed by atoms with E-state index >= 15 is 0 Å². The van der Waals surface area contributed by atoms with Gasteiger partial charge in [-0.1, -0.05) is 37.3 Å². The van der Waals surface area contributed by atoms with E-state index in [1.165, 1.54) is 0 Å². The molecule has 1 aliphatic rings. The Balaban J connectivity index is 1.48. The van der Waals surface area contributed by atoms with Gasteiger partial charge < -0.3 is 15.5 Å². The number of rotatable bonds is 5. The molecule has 2 unspecified atom stereocenters. The van der Waals surface area contributed by atoms with E-state index in [-0.39, 0.29) is 17.9 Å². The number of nitrogens with one attached hydrogen (secondary N) is 1. The van der Waals surface area contributed by atoms with Gasteiger partial charge in [0.05, 0.1) is 5.92 Å². The van der Waals surface area contributed by atoms with Crippen molar-refractivity contribution in [2.24, 2.45) is 11.7 Å². The lowest BCUT2D eigenvalue weighted by molar-refractivity contribution is -0.120. The first-order valence-electron chi connectivity index (χ1n) is 8.63. The molecule has 0 aliphatic heterocycles. The van der Waals surface area contributed by atoms with Crippen LogP contribution in [-0.2, 0) is 4.79 Å². The molecule has 0 bridgehead atoms. The summed E-state index contributed by atoms with van der Waals surface area (Å²) in [6.07, 6.45) is 2.29.